The predicted molar refractivity (Wildman–Crippen MR) is 150 cm³/mol. The average Bonchev–Trinajstić information content (AvgIpc) is 3.23. The number of aliphatic imine (C=N–C) groups is 1. The van der Waals surface area contributed by atoms with Crippen molar-refractivity contribution in [3.8, 4) is 0 Å². The summed E-state index contributed by atoms with van der Waals surface area (Å²) in [6, 6.07) is 3.73. The van der Waals surface area contributed by atoms with Crippen LogP contribution < -0.4 is 21.3 Å². The van der Waals surface area contributed by atoms with Gasteiger partial charge in [0, 0.05) is 43.8 Å². The molecule has 0 fully saturated rings. The van der Waals surface area contributed by atoms with Crippen molar-refractivity contribution in [3.63, 3.8) is 0 Å². The number of aromatic nitrogens is 3. The number of carbonyl (C=O) groups excluding carboxylic acids is 1. The van der Waals surface area contributed by atoms with Crippen LogP contribution in [0.25, 0.3) is 5.65 Å². The molecule has 2 heterocycles. The maximum Gasteiger partial charge on any atom is 0.258 e. The van der Waals surface area contributed by atoms with Gasteiger partial charge in [-0.05, 0) is 57.8 Å². The van der Waals surface area contributed by atoms with Crippen molar-refractivity contribution < 1.29 is 4.79 Å². The second-order valence-electron chi connectivity index (χ2n) is 9.36. The van der Waals surface area contributed by atoms with Gasteiger partial charge in [-0.2, -0.15) is 0 Å². The number of hydrogen-bond donors (Lipinski definition) is 3. The first kappa shape index (κ1) is 27.1. The SMILES string of the molecule is CCNCCCN(CC)c1ccc(C(=O)Nc2cn3cc(CC(C)C)nc(C)c3n2)c(N)c1C=NC. The zero-order valence-corrected chi connectivity index (χ0v) is 22.4. The van der Waals surface area contributed by atoms with Crippen LogP contribution in [0.3, 0.4) is 0 Å². The minimum atomic E-state index is -0.309. The van der Waals surface area contributed by atoms with Gasteiger partial charge in [-0.3, -0.25) is 14.8 Å². The van der Waals surface area contributed by atoms with E-state index in [1.807, 2.05) is 29.8 Å². The van der Waals surface area contributed by atoms with Crippen molar-refractivity contribution in [2.24, 2.45) is 10.9 Å². The Hall–Kier alpha value is -3.46. The zero-order valence-electron chi connectivity index (χ0n) is 22.4. The average molecular weight is 493 g/mol. The van der Waals surface area contributed by atoms with Crippen molar-refractivity contribution in [2.45, 2.75) is 47.5 Å². The molecule has 194 valence electrons. The van der Waals surface area contributed by atoms with Gasteiger partial charge in [-0.25, -0.2) is 4.98 Å². The lowest BCUT2D eigenvalue weighted by Gasteiger charge is -2.26. The first-order valence-corrected chi connectivity index (χ1v) is 12.8. The van der Waals surface area contributed by atoms with Gasteiger partial charge < -0.3 is 25.7 Å². The third-order valence-electron chi connectivity index (χ3n) is 6.04. The molecule has 0 unspecified atom stereocenters. The molecule has 0 atom stereocenters. The maximum absolute atomic E-state index is 13.2. The lowest BCUT2D eigenvalue weighted by Crippen LogP contribution is -2.28. The topological polar surface area (TPSA) is 113 Å². The Morgan fingerprint density at radius 3 is 2.69 bits per heavy atom. The van der Waals surface area contributed by atoms with E-state index in [9.17, 15) is 4.79 Å². The number of hydrogen-bond acceptors (Lipinski definition) is 7. The fourth-order valence-electron chi connectivity index (χ4n) is 4.36. The van der Waals surface area contributed by atoms with E-state index < -0.39 is 0 Å². The first-order valence-electron chi connectivity index (χ1n) is 12.8. The van der Waals surface area contributed by atoms with Gasteiger partial charge in [0.25, 0.3) is 5.91 Å². The standard InChI is InChI=1S/C27H40N8O/c1-7-30-12-9-13-34(8-2)23-11-10-21(25(28)22(23)15-29-6)27(36)33-24-17-35-16-20(14-18(3)4)31-19(5)26(35)32-24/h10-11,15-18,30H,7-9,12-14,28H2,1-6H3,(H,33,36). The van der Waals surface area contributed by atoms with Crippen LogP contribution in [0.15, 0.2) is 29.5 Å². The quantitative estimate of drug-likeness (QED) is 0.200. The van der Waals surface area contributed by atoms with Gasteiger partial charge >= 0.3 is 0 Å². The smallest absolute Gasteiger partial charge is 0.258 e. The number of nitrogens with one attached hydrogen (secondary N) is 2. The van der Waals surface area contributed by atoms with Gasteiger partial charge in [-0.1, -0.05) is 20.8 Å². The van der Waals surface area contributed by atoms with Gasteiger partial charge in [-0.15, -0.1) is 0 Å². The summed E-state index contributed by atoms with van der Waals surface area (Å²) in [5.74, 6) is 0.649. The molecule has 9 heteroatoms. The molecule has 0 saturated heterocycles. The van der Waals surface area contributed by atoms with Crippen LogP contribution in [0.1, 0.15) is 61.4 Å². The van der Waals surface area contributed by atoms with Gasteiger partial charge in [0.15, 0.2) is 11.5 Å². The van der Waals surface area contributed by atoms with Gasteiger partial charge in [0.1, 0.15) is 0 Å². The minimum Gasteiger partial charge on any atom is -0.397 e. The van der Waals surface area contributed by atoms with Crippen LogP contribution in [0.2, 0.25) is 0 Å². The lowest BCUT2D eigenvalue weighted by atomic mass is 10.0. The summed E-state index contributed by atoms with van der Waals surface area (Å²) in [6.07, 6.45) is 7.40. The van der Waals surface area contributed by atoms with Crippen molar-refractivity contribution in [1.29, 1.82) is 0 Å². The molecule has 1 amide bonds. The highest BCUT2D eigenvalue weighted by molar-refractivity contribution is 6.11. The Kier molecular flexibility index (Phi) is 9.41. The number of carbonyl (C=O) groups is 1. The Morgan fingerprint density at radius 2 is 2.03 bits per heavy atom. The van der Waals surface area contributed by atoms with Crippen molar-refractivity contribution in [1.82, 2.24) is 19.7 Å². The van der Waals surface area contributed by atoms with E-state index in [2.05, 4.69) is 58.2 Å². The number of nitrogens with two attached hydrogens (primary N) is 1. The molecule has 4 N–H and O–H groups in total. The molecule has 0 saturated carbocycles. The fraction of sp³-hybridized carbons (Fsp3) is 0.481. The summed E-state index contributed by atoms with van der Waals surface area (Å²) < 4.78 is 1.92. The van der Waals surface area contributed by atoms with E-state index in [1.165, 1.54) is 0 Å². The molecule has 0 aliphatic rings. The Balaban J connectivity index is 1.86. The molecule has 0 spiro atoms. The van der Waals surface area contributed by atoms with Crippen LogP contribution in [-0.4, -0.2) is 59.7 Å². The van der Waals surface area contributed by atoms with Gasteiger partial charge in [0.05, 0.1) is 28.8 Å². The van der Waals surface area contributed by atoms with E-state index in [4.69, 9.17) is 5.73 Å². The normalized spacial score (nSPS) is 11.6. The van der Waals surface area contributed by atoms with E-state index in [-0.39, 0.29) is 5.91 Å². The summed E-state index contributed by atoms with van der Waals surface area (Å²) in [5.41, 5.74) is 11.6. The number of rotatable bonds is 12. The summed E-state index contributed by atoms with van der Waals surface area (Å²) in [5, 5.41) is 6.27. The lowest BCUT2D eigenvalue weighted by molar-refractivity contribution is 0.102. The molecule has 0 aliphatic heterocycles. The largest absolute Gasteiger partial charge is 0.397 e. The Labute approximate surface area is 214 Å². The number of aryl methyl sites for hydroxylation is 1. The van der Waals surface area contributed by atoms with Crippen LogP contribution >= 0.6 is 0 Å². The fourth-order valence-corrected chi connectivity index (χ4v) is 4.36. The van der Waals surface area contributed by atoms with E-state index in [0.717, 1.165) is 67.3 Å². The van der Waals surface area contributed by atoms with Crippen molar-refractivity contribution in [2.75, 3.05) is 49.2 Å². The van der Waals surface area contributed by atoms with Gasteiger partial charge in [0.2, 0.25) is 0 Å². The van der Waals surface area contributed by atoms with Crippen LogP contribution in [-0.2, 0) is 6.42 Å². The summed E-state index contributed by atoms with van der Waals surface area (Å²) >= 11 is 0. The number of anilines is 3. The van der Waals surface area contributed by atoms with Crippen LogP contribution in [0, 0.1) is 12.8 Å². The number of nitrogen functional groups attached to an aromatic ring is 1. The van der Waals surface area contributed by atoms with E-state index >= 15 is 0 Å². The Bertz CT molecular complexity index is 1210. The van der Waals surface area contributed by atoms with E-state index in [1.54, 1.807) is 19.3 Å². The maximum atomic E-state index is 13.2. The van der Waals surface area contributed by atoms with E-state index in [0.29, 0.717) is 23.0 Å². The molecule has 3 rings (SSSR count). The summed E-state index contributed by atoms with van der Waals surface area (Å²) in [6.45, 7) is 14.1. The highest BCUT2D eigenvalue weighted by Gasteiger charge is 2.19. The molecular weight excluding hydrogens is 452 g/mol. The predicted octanol–water partition coefficient (Wildman–Crippen LogP) is 3.95. The highest BCUT2D eigenvalue weighted by Crippen LogP contribution is 2.29. The molecule has 0 aliphatic carbocycles. The Morgan fingerprint density at radius 1 is 1.25 bits per heavy atom. The second-order valence-corrected chi connectivity index (χ2v) is 9.36. The number of fused-ring (bicyclic) bond motifs is 1. The molecule has 0 bridgehead atoms. The number of benzene rings is 1. The zero-order chi connectivity index (χ0) is 26.2. The third kappa shape index (κ3) is 6.40. The highest BCUT2D eigenvalue weighted by atomic mass is 16.1. The van der Waals surface area contributed by atoms with Crippen molar-refractivity contribution >= 4 is 35.0 Å². The molecular formula is C27H40N8O. The number of amides is 1. The second kappa shape index (κ2) is 12.5. The summed E-state index contributed by atoms with van der Waals surface area (Å²) in [7, 11) is 1.71. The first-order chi connectivity index (χ1) is 17.3. The molecule has 9 nitrogen and oxygen atoms in total. The molecule has 0 radical (unpaired) electrons. The molecule has 3 aromatic rings. The molecule has 2 aromatic heterocycles. The third-order valence-corrected chi connectivity index (χ3v) is 6.04. The number of nitrogens with zero attached hydrogens (tertiary/aromatic N) is 5. The molecule has 36 heavy (non-hydrogen) atoms. The minimum absolute atomic E-state index is 0.309. The number of imidazole rings is 1. The molecule has 1 aromatic carbocycles. The monoisotopic (exact) mass is 492 g/mol. The van der Waals surface area contributed by atoms with Crippen LogP contribution in [0.5, 0.6) is 0 Å². The summed E-state index contributed by atoms with van der Waals surface area (Å²) in [4.78, 5) is 29.0. The van der Waals surface area contributed by atoms with Crippen molar-refractivity contribution in [3.05, 3.63) is 47.0 Å². The van der Waals surface area contributed by atoms with Crippen LogP contribution in [0.4, 0.5) is 17.2 Å².